The lowest BCUT2D eigenvalue weighted by molar-refractivity contribution is -0.120. The highest BCUT2D eigenvalue weighted by atomic mass is 127. The van der Waals surface area contributed by atoms with E-state index < -0.39 is 6.09 Å². The van der Waals surface area contributed by atoms with Crippen LogP contribution in [0.5, 0.6) is 0 Å². The van der Waals surface area contributed by atoms with Crippen molar-refractivity contribution in [3.63, 3.8) is 0 Å². The smallest absolute Gasteiger partial charge is 0.407 e. The zero-order valence-electron chi connectivity index (χ0n) is 10.2. The average Bonchev–Trinajstić information content (AvgIpc) is 2.29. The highest BCUT2D eigenvalue weighted by Gasteiger charge is 2.25. The van der Waals surface area contributed by atoms with Gasteiger partial charge in [-0.25, -0.2) is 4.79 Å². The first-order valence-corrected chi connectivity index (χ1v) is 7.06. The first-order valence-electron chi connectivity index (χ1n) is 5.82. The maximum absolute atomic E-state index is 11.6. The van der Waals surface area contributed by atoms with Gasteiger partial charge in [0.2, 0.25) is 5.91 Å². The molecular formula is C11H19IN2O3. The van der Waals surface area contributed by atoms with Crippen LogP contribution in [0.3, 0.4) is 0 Å². The zero-order chi connectivity index (χ0) is 12.8. The van der Waals surface area contributed by atoms with E-state index in [-0.39, 0.29) is 21.9 Å². The van der Waals surface area contributed by atoms with Gasteiger partial charge < -0.3 is 15.4 Å². The van der Waals surface area contributed by atoms with Gasteiger partial charge in [-0.1, -0.05) is 22.6 Å². The summed E-state index contributed by atoms with van der Waals surface area (Å²) in [5, 5.41) is 5.79. The SMILES string of the molecule is COC(=O)NC1CCCC(NC(=O)C(C)I)C1. The number of hydrogen-bond donors (Lipinski definition) is 2. The molecule has 0 aromatic carbocycles. The number of alkyl carbamates (subject to hydrolysis) is 1. The first-order chi connectivity index (χ1) is 8.02. The largest absolute Gasteiger partial charge is 0.453 e. The first kappa shape index (κ1) is 14.5. The summed E-state index contributed by atoms with van der Waals surface area (Å²) in [7, 11) is 1.36. The number of alkyl halides is 1. The molecule has 0 heterocycles. The molecule has 1 rings (SSSR count). The molecule has 2 N–H and O–H groups in total. The molecule has 0 radical (unpaired) electrons. The fraction of sp³-hybridized carbons (Fsp3) is 0.818. The predicted molar refractivity (Wildman–Crippen MR) is 73.2 cm³/mol. The Bertz CT molecular complexity index is 284. The van der Waals surface area contributed by atoms with E-state index in [2.05, 4.69) is 38.0 Å². The van der Waals surface area contributed by atoms with Crippen LogP contribution in [0.25, 0.3) is 0 Å². The summed E-state index contributed by atoms with van der Waals surface area (Å²) in [6.45, 7) is 1.86. The minimum Gasteiger partial charge on any atom is -0.453 e. The topological polar surface area (TPSA) is 67.4 Å². The number of halogens is 1. The molecule has 6 heteroatoms. The summed E-state index contributed by atoms with van der Waals surface area (Å²) >= 11 is 2.09. The van der Waals surface area contributed by atoms with Crippen molar-refractivity contribution in [2.75, 3.05) is 7.11 Å². The molecule has 1 saturated carbocycles. The molecule has 0 aromatic rings. The zero-order valence-corrected chi connectivity index (χ0v) is 12.3. The van der Waals surface area contributed by atoms with Crippen molar-refractivity contribution in [3.8, 4) is 0 Å². The molecule has 0 bridgehead atoms. The summed E-state index contributed by atoms with van der Waals surface area (Å²) in [5.41, 5.74) is 0. The Balaban J connectivity index is 2.38. The van der Waals surface area contributed by atoms with E-state index in [4.69, 9.17) is 0 Å². The van der Waals surface area contributed by atoms with Crippen LogP contribution in [-0.2, 0) is 9.53 Å². The summed E-state index contributed by atoms with van der Waals surface area (Å²) in [6.07, 6.45) is 3.32. The maximum Gasteiger partial charge on any atom is 0.407 e. The normalized spacial score (nSPS) is 25.8. The summed E-state index contributed by atoms with van der Waals surface area (Å²) in [5.74, 6) is 0.0642. The van der Waals surface area contributed by atoms with E-state index in [1.165, 1.54) is 7.11 Å². The molecule has 1 aliphatic rings. The Morgan fingerprint density at radius 1 is 1.29 bits per heavy atom. The Hall–Kier alpha value is -0.530. The highest BCUT2D eigenvalue weighted by molar-refractivity contribution is 14.1. The molecule has 1 fully saturated rings. The lowest BCUT2D eigenvalue weighted by Gasteiger charge is -2.30. The van der Waals surface area contributed by atoms with Crippen LogP contribution in [0, 0.1) is 0 Å². The molecule has 0 aliphatic heterocycles. The standard InChI is InChI=1S/C11H19IN2O3/c1-7(12)10(15)13-8-4-3-5-9(6-8)14-11(16)17-2/h7-9H,3-6H2,1-2H3,(H,13,15)(H,14,16). The van der Waals surface area contributed by atoms with Crippen molar-refractivity contribution >= 4 is 34.6 Å². The third kappa shape index (κ3) is 5.10. The third-order valence-corrected chi connectivity index (χ3v) is 3.45. The molecule has 2 amide bonds. The summed E-state index contributed by atoms with van der Waals surface area (Å²) in [4.78, 5) is 22.7. The molecule has 5 nitrogen and oxygen atoms in total. The van der Waals surface area contributed by atoms with Crippen LogP contribution >= 0.6 is 22.6 Å². The Morgan fingerprint density at radius 2 is 1.88 bits per heavy atom. The lowest BCUT2D eigenvalue weighted by atomic mass is 9.91. The molecule has 3 atom stereocenters. The van der Waals surface area contributed by atoms with Crippen LogP contribution in [0.15, 0.2) is 0 Å². The number of rotatable bonds is 3. The fourth-order valence-corrected chi connectivity index (χ4v) is 2.17. The second kappa shape index (κ2) is 7.03. The van der Waals surface area contributed by atoms with Gasteiger partial charge in [0.05, 0.1) is 11.0 Å². The Kier molecular flexibility index (Phi) is 6.01. The van der Waals surface area contributed by atoms with Crippen LogP contribution in [0.4, 0.5) is 4.79 Å². The average molecular weight is 354 g/mol. The van der Waals surface area contributed by atoms with Gasteiger partial charge in [0.25, 0.3) is 0 Å². The van der Waals surface area contributed by atoms with Gasteiger partial charge in [0, 0.05) is 12.1 Å². The number of hydrogen-bond acceptors (Lipinski definition) is 3. The minimum atomic E-state index is -0.399. The quantitative estimate of drug-likeness (QED) is 0.598. The lowest BCUT2D eigenvalue weighted by Crippen LogP contribution is -2.47. The minimum absolute atomic E-state index is 0.0263. The van der Waals surface area contributed by atoms with E-state index in [9.17, 15) is 9.59 Å². The van der Waals surface area contributed by atoms with Gasteiger partial charge >= 0.3 is 6.09 Å². The number of ether oxygens (including phenoxy) is 1. The fourth-order valence-electron chi connectivity index (χ4n) is 1.99. The Labute approximate surface area is 115 Å². The van der Waals surface area contributed by atoms with Crippen molar-refractivity contribution in [2.45, 2.75) is 48.6 Å². The van der Waals surface area contributed by atoms with Crippen LogP contribution in [-0.4, -0.2) is 35.1 Å². The van der Waals surface area contributed by atoms with Crippen molar-refractivity contribution in [1.82, 2.24) is 10.6 Å². The van der Waals surface area contributed by atoms with Gasteiger partial charge in [-0.15, -0.1) is 0 Å². The second-order valence-electron chi connectivity index (χ2n) is 4.32. The van der Waals surface area contributed by atoms with Crippen LogP contribution in [0.1, 0.15) is 32.6 Å². The van der Waals surface area contributed by atoms with Crippen molar-refractivity contribution in [3.05, 3.63) is 0 Å². The summed E-state index contributed by atoms with van der Waals surface area (Å²) < 4.78 is 4.54. The predicted octanol–water partition coefficient (Wildman–Crippen LogP) is 1.59. The molecule has 17 heavy (non-hydrogen) atoms. The van der Waals surface area contributed by atoms with E-state index in [1.54, 1.807) is 0 Å². The monoisotopic (exact) mass is 354 g/mol. The molecule has 0 saturated heterocycles. The maximum atomic E-state index is 11.6. The second-order valence-corrected chi connectivity index (χ2v) is 6.19. The summed E-state index contributed by atoms with van der Waals surface area (Å²) in [6, 6.07) is 0.265. The van der Waals surface area contributed by atoms with Gasteiger partial charge in [-0.05, 0) is 32.6 Å². The number of carbonyl (C=O) groups is 2. The third-order valence-electron chi connectivity index (χ3n) is 2.89. The molecule has 1 aliphatic carbocycles. The van der Waals surface area contributed by atoms with E-state index >= 15 is 0 Å². The van der Waals surface area contributed by atoms with Crippen molar-refractivity contribution in [2.24, 2.45) is 0 Å². The number of carbonyl (C=O) groups excluding carboxylic acids is 2. The molecule has 0 aromatic heterocycles. The van der Waals surface area contributed by atoms with Crippen molar-refractivity contribution < 1.29 is 14.3 Å². The number of methoxy groups -OCH3 is 1. The van der Waals surface area contributed by atoms with E-state index in [0.717, 1.165) is 25.7 Å². The van der Waals surface area contributed by atoms with E-state index in [0.29, 0.717) is 0 Å². The molecule has 98 valence electrons. The molecule has 3 unspecified atom stereocenters. The van der Waals surface area contributed by atoms with Gasteiger partial charge in [0.1, 0.15) is 0 Å². The number of amides is 2. The van der Waals surface area contributed by atoms with Crippen LogP contribution in [0.2, 0.25) is 0 Å². The van der Waals surface area contributed by atoms with Gasteiger partial charge in [0.15, 0.2) is 0 Å². The van der Waals surface area contributed by atoms with Crippen molar-refractivity contribution in [1.29, 1.82) is 0 Å². The van der Waals surface area contributed by atoms with Gasteiger partial charge in [-0.2, -0.15) is 0 Å². The molecular weight excluding hydrogens is 335 g/mol. The van der Waals surface area contributed by atoms with Gasteiger partial charge in [-0.3, -0.25) is 4.79 Å². The van der Waals surface area contributed by atoms with E-state index in [1.807, 2.05) is 6.92 Å². The molecule has 0 spiro atoms. The highest BCUT2D eigenvalue weighted by Crippen LogP contribution is 2.19. The van der Waals surface area contributed by atoms with Crippen LogP contribution < -0.4 is 10.6 Å². The number of nitrogens with one attached hydrogen (secondary N) is 2. The Morgan fingerprint density at radius 3 is 2.41 bits per heavy atom.